The van der Waals surface area contributed by atoms with E-state index in [1.165, 1.54) is 0 Å². The number of piperidine rings is 1. The second-order valence-electron chi connectivity index (χ2n) is 6.06. The lowest BCUT2D eigenvalue weighted by Gasteiger charge is -2.40. The van der Waals surface area contributed by atoms with E-state index in [-0.39, 0.29) is 12.0 Å². The van der Waals surface area contributed by atoms with Gasteiger partial charge >= 0.3 is 0 Å². The Kier molecular flexibility index (Phi) is 5.97. The highest BCUT2D eigenvalue weighted by molar-refractivity contribution is 7.89. The molecule has 1 fully saturated rings. The highest BCUT2D eigenvalue weighted by Gasteiger charge is 2.32. The van der Waals surface area contributed by atoms with Gasteiger partial charge in [-0.05, 0) is 49.9 Å². The van der Waals surface area contributed by atoms with E-state index in [9.17, 15) is 13.5 Å². The normalized spacial score (nSPS) is 19.2. The Labute approximate surface area is 133 Å². The van der Waals surface area contributed by atoms with E-state index in [1.54, 1.807) is 30.3 Å². The highest BCUT2D eigenvalue weighted by atomic mass is 32.2. The fourth-order valence-corrected chi connectivity index (χ4v) is 3.94. The predicted molar refractivity (Wildman–Crippen MR) is 87.1 cm³/mol. The summed E-state index contributed by atoms with van der Waals surface area (Å²) in [5.74, 6) is 0. The van der Waals surface area contributed by atoms with Crippen LogP contribution < -0.4 is 4.72 Å². The van der Waals surface area contributed by atoms with Crippen molar-refractivity contribution in [2.75, 3.05) is 32.8 Å². The van der Waals surface area contributed by atoms with Crippen LogP contribution in [0, 0.1) is 5.41 Å². The zero-order valence-corrected chi connectivity index (χ0v) is 14.0. The molecule has 0 amide bonds. The van der Waals surface area contributed by atoms with Gasteiger partial charge in [-0.2, -0.15) is 0 Å². The predicted octanol–water partition coefficient (Wildman–Crippen LogP) is 1.45. The molecule has 0 atom stereocenters. The SMILES string of the molecule is CCC1(CO)CCN(CCNS(=O)(=O)c2ccccc2)CC1. The Morgan fingerprint density at radius 3 is 2.41 bits per heavy atom. The Morgan fingerprint density at radius 2 is 1.86 bits per heavy atom. The van der Waals surface area contributed by atoms with Gasteiger partial charge in [0.1, 0.15) is 0 Å². The van der Waals surface area contributed by atoms with E-state index in [0.29, 0.717) is 18.0 Å². The van der Waals surface area contributed by atoms with E-state index in [0.717, 1.165) is 32.4 Å². The lowest BCUT2D eigenvalue weighted by molar-refractivity contribution is 0.0418. The first-order valence-electron chi connectivity index (χ1n) is 7.89. The summed E-state index contributed by atoms with van der Waals surface area (Å²) in [6.45, 7) is 5.33. The largest absolute Gasteiger partial charge is 0.396 e. The Bertz CT molecular complexity index is 546. The first-order valence-corrected chi connectivity index (χ1v) is 9.38. The molecule has 0 radical (unpaired) electrons. The standard InChI is InChI=1S/C16H26N2O3S/c1-2-16(14-19)8-11-18(12-9-16)13-10-17-22(20,21)15-6-4-3-5-7-15/h3-7,17,19H,2,8-14H2,1H3. The Balaban J connectivity index is 1.78. The van der Waals surface area contributed by atoms with E-state index in [4.69, 9.17) is 0 Å². The molecule has 1 heterocycles. The first-order chi connectivity index (χ1) is 10.5. The number of nitrogens with zero attached hydrogens (tertiary/aromatic N) is 1. The van der Waals surface area contributed by atoms with E-state index < -0.39 is 10.0 Å². The van der Waals surface area contributed by atoms with Crippen LogP contribution in [0.4, 0.5) is 0 Å². The third-order valence-corrected chi connectivity index (χ3v) is 6.25. The van der Waals surface area contributed by atoms with Crippen LogP contribution in [0.15, 0.2) is 35.2 Å². The second-order valence-corrected chi connectivity index (χ2v) is 7.83. The van der Waals surface area contributed by atoms with Crippen molar-refractivity contribution < 1.29 is 13.5 Å². The highest BCUT2D eigenvalue weighted by Crippen LogP contribution is 2.33. The van der Waals surface area contributed by atoms with Crippen molar-refractivity contribution in [2.45, 2.75) is 31.1 Å². The molecule has 2 N–H and O–H groups in total. The van der Waals surface area contributed by atoms with Crippen molar-refractivity contribution in [3.05, 3.63) is 30.3 Å². The number of hydrogen-bond donors (Lipinski definition) is 2. The lowest BCUT2D eigenvalue weighted by Crippen LogP contribution is -2.44. The van der Waals surface area contributed by atoms with Crippen LogP contribution >= 0.6 is 0 Å². The maximum Gasteiger partial charge on any atom is 0.240 e. The summed E-state index contributed by atoms with van der Waals surface area (Å²) >= 11 is 0. The van der Waals surface area contributed by atoms with Crippen LogP contribution in [0.1, 0.15) is 26.2 Å². The molecule has 0 aliphatic carbocycles. The van der Waals surface area contributed by atoms with Gasteiger partial charge in [-0.1, -0.05) is 25.1 Å². The smallest absolute Gasteiger partial charge is 0.240 e. The Hall–Kier alpha value is -0.950. The van der Waals surface area contributed by atoms with Crippen molar-refractivity contribution in [3.8, 4) is 0 Å². The van der Waals surface area contributed by atoms with Crippen molar-refractivity contribution in [3.63, 3.8) is 0 Å². The van der Waals surface area contributed by atoms with Crippen LogP contribution in [0.2, 0.25) is 0 Å². The maximum absolute atomic E-state index is 12.1. The average molecular weight is 326 g/mol. The van der Waals surface area contributed by atoms with Crippen molar-refractivity contribution in [2.24, 2.45) is 5.41 Å². The quantitative estimate of drug-likeness (QED) is 0.796. The summed E-state index contributed by atoms with van der Waals surface area (Å²) < 4.78 is 26.9. The monoisotopic (exact) mass is 326 g/mol. The molecule has 1 saturated heterocycles. The molecule has 0 spiro atoms. The molecule has 1 aliphatic heterocycles. The molecule has 0 aromatic heterocycles. The number of benzene rings is 1. The second kappa shape index (κ2) is 7.55. The molecule has 6 heteroatoms. The van der Waals surface area contributed by atoms with Gasteiger partial charge in [0.25, 0.3) is 0 Å². The summed E-state index contributed by atoms with van der Waals surface area (Å²) in [7, 11) is -3.41. The van der Waals surface area contributed by atoms with Gasteiger partial charge in [-0.3, -0.25) is 0 Å². The van der Waals surface area contributed by atoms with Gasteiger partial charge in [0, 0.05) is 19.7 Å². The summed E-state index contributed by atoms with van der Waals surface area (Å²) in [6, 6.07) is 8.44. The van der Waals surface area contributed by atoms with Crippen LogP contribution in [0.3, 0.4) is 0 Å². The molecule has 2 rings (SSSR count). The number of aliphatic hydroxyl groups is 1. The van der Waals surface area contributed by atoms with Crippen LogP contribution in [-0.2, 0) is 10.0 Å². The third kappa shape index (κ3) is 4.29. The number of rotatable bonds is 7. The van der Waals surface area contributed by atoms with Crippen LogP contribution in [-0.4, -0.2) is 51.2 Å². The fourth-order valence-electron chi connectivity index (χ4n) is 2.90. The molecule has 0 saturated carbocycles. The van der Waals surface area contributed by atoms with E-state index in [2.05, 4.69) is 16.5 Å². The van der Waals surface area contributed by atoms with Crippen molar-refractivity contribution >= 4 is 10.0 Å². The number of likely N-dealkylation sites (tertiary alicyclic amines) is 1. The van der Waals surface area contributed by atoms with Gasteiger partial charge in [-0.15, -0.1) is 0 Å². The first kappa shape index (κ1) is 17.4. The summed E-state index contributed by atoms with van der Waals surface area (Å²) in [5, 5.41) is 9.53. The molecular weight excluding hydrogens is 300 g/mol. The fraction of sp³-hybridized carbons (Fsp3) is 0.625. The minimum atomic E-state index is -3.41. The molecule has 1 aliphatic rings. The minimum Gasteiger partial charge on any atom is -0.396 e. The summed E-state index contributed by atoms with van der Waals surface area (Å²) in [6.07, 6.45) is 2.95. The van der Waals surface area contributed by atoms with Gasteiger partial charge in [-0.25, -0.2) is 13.1 Å². The lowest BCUT2D eigenvalue weighted by atomic mass is 9.77. The Morgan fingerprint density at radius 1 is 1.23 bits per heavy atom. The topological polar surface area (TPSA) is 69.6 Å². The van der Waals surface area contributed by atoms with Crippen molar-refractivity contribution in [1.29, 1.82) is 0 Å². The zero-order chi connectivity index (χ0) is 16.1. The molecule has 5 nitrogen and oxygen atoms in total. The van der Waals surface area contributed by atoms with E-state index >= 15 is 0 Å². The molecule has 1 aromatic rings. The average Bonchev–Trinajstić information content (AvgIpc) is 2.56. The van der Waals surface area contributed by atoms with Gasteiger partial charge in [0.05, 0.1) is 4.90 Å². The summed E-state index contributed by atoms with van der Waals surface area (Å²) in [5.41, 5.74) is 0.0695. The van der Waals surface area contributed by atoms with Crippen LogP contribution in [0.25, 0.3) is 0 Å². The molecular formula is C16H26N2O3S. The number of sulfonamides is 1. The van der Waals surface area contributed by atoms with Gasteiger partial charge < -0.3 is 10.0 Å². The number of hydrogen-bond acceptors (Lipinski definition) is 4. The summed E-state index contributed by atoms with van der Waals surface area (Å²) in [4.78, 5) is 2.57. The molecule has 0 bridgehead atoms. The number of aliphatic hydroxyl groups excluding tert-OH is 1. The molecule has 124 valence electrons. The third-order valence-electron chi connectivity index (χ3n) is 4.78. The molecule has 0 unspecified atom stereocenters. The van der Waals surface area contributed by atoms with E-state index in [1.807, 2.05) is 0 Å². The molecule has 1 aromatic carbocycles. The van der Waals surface area contributed by atoms with Crippen molar-refractivity contribution in [1.82, 2.24) is 9.62 Å². The maximum atomic E-state index is 12.1. The molecule has 22 heavy (non-hydrogen) atoms. The number of nitrogens with one attached hydrogen (secondary N) is 1. The van der Waals surface area contributed by atoms with Gasteiger partial charge in [0.2, 0.25) is 10.0 Å². The van der Waals surface area contributed by atoms with Crippen LogP contribution in [0.5, 0.6) is 0 Å². The minimum absolute atomic E-state index is 0.0695. The van der Waals surface area contributed by atoms with Gasteiger partial charge in [0.15, 0.2) is 0 Å². The zero-order valence-electron chi connectivity index (χ0n) is 13.2.